The standard InChI is InChI=1S/C18H36N2O2/c1-15-7-5-11-19(17(15)13-21)9-3-4-10-20-12-6-8-16(2)18(20)14-22/h15-18,21-22H,3-14H2,1-2H3. The number of aliphatic hydroxyl groups is 2. The van der Waals surface area contributed by atoms with E-state index in [1.807, 2.05) is 0 Å². The molecule has 0 saturated carbocycles. The molecule has 0 radical (unpaired) electrons. The van der Waals surface area contributed by atoms with E-state index in [4.69, 9.17) is 0 Å². The minimum absolute atomic E-state index is 0.303. The lowest BCUT2D eigenvalue weighted by Crippen LogP contribution is -2.48. The van der Waals surface area contributed by atoms with Crippen LogP contribution in [0.15, 0.2) is 0 Å². The number of hydrogen-bond donors (Lipinski definition) is 2. The fraction of sp³-hybridized carbons (Fsp3) is 1.00. The highest BCUT2D eigenvalue weighted by atomic mass is 16.3. The molecule has 0 aromatic rings. The molecule has 0 aromatic carbocycles. The molecule has 0 amide bonds. The predicted octanol–water partition coefficient (Wildman–Crippen LogP) is 1.95. The van der Waals surface area contributed by atoms with Gasteiger partial charge >= 0.3 is 0 Å². The van der Waals surface area contributed by atoms with Gasteiger partial charge < -0.3 is 10.2 Å². The zero-order chi connectivity index (χ0) is 15.9. The van der Waals surface area contributed by atoms with Crippen molar-refractivity contribution in [2.45, 2.75) is 64.5 Å². The lowest BCUT2D eigenvalue weighted by molar-refractivity contribution is 0.0416. The van der Waals surface area contributed by atoms with Gasteiger partial charge in [0.2, 0.25) is 0 Å². The van der Waals surface area contributed by atoms with Crippen LogP contribution in [0.4, 0.5) is 0 Å². The largest absolute Gasteiger partial charge is 0.395 e. The Morgan fingerprint density at radius 2 is 1.18 bits per heavy atom. The molecule has 4 atom stereocenters. The Morgan fingerprint density at radius 1 is 0.773 bits per heavy atom. The molecular formula is C18H36N2O2. The summed E-state index contributed by atoms with van der Waals surface area (Å²) in [5.41, 5.74) is 0. The van der Waals surface area contributed by atoms with Crippen LogP contribution in [0, 0.1) is 11.8 Å². The van der Waals surface area contributed by atoms with Crippen LogP contribution in [0.1, 0.15) is 52.4 Å². The highest BCUT2D eigenvalue weighted by Crippen LogP contribution is 2.25. The first-order valence-electron chi connectivity index (χ1n) is 9.37. The SMILES string of the molecule is CC1CCCN(CCCCN2CCCC(C)C2CO)C1CO. The Kier molecular flexibility index (Phi) is 7.61. The monoisotopic (exact) mass is 312 g/mol. The number of unbranched alkanes of at least 4 members (excludes halogenated alkanes) is 1. The van der Waals surface area contributed by atoms with Gasteiger partial charge in [0.25, 0.3) is 0 Å². The van der Waals surface area contributed by atoms with Crippen LogP contribution in [0.2, 0.25) is 0 Å². The van der Waals surface area contributed by atoms with E-state index in [0.717, 1.165) is 26.2 Å². The summed E-state index contributed by atoms with van der Waals surface area (Å²) >= 11 is 0. The summed E-state index contributed by atoms with van der Waals surface area (Å²) in [6, 6.07) is 0.739. The van der Waals surface area contributed by atoms with E-state index in [1.54, 1.807) is 0 Å². The molecular weight excluding hydrogens is 276 g/mol. The Labute approximate surface area is 136 Å². The molecule has 2 aliphatic rings. The number of nitrogens with zero attached hydrogens (tertiary/aromatic N) is 2. The summed E-state index contributed by atoms with van der Waals surface area (Å²) in [6.07, 6.45) is 7.46. The van der Waals surface area contributed by atoms with Gasteiger partial charge in [-0.3, -0.25) is 9.80 Å². The lowest BCUT2D eigenvalue weighted by atomic mass is 9.90. The molecule has 2 rings (SSSR count). The molecule has 4 nitrogen and oxygen atoms in total. The zero-order valence-corrected chi connectivity index (χ0v) is 14.6. The van der Waals surface area contributed by atoms with Crippen molar-refractivity contribution in [2.24, 2.45) is 11.8 Å². The third-order valence-electron chi connectivity index (χ3n) is 5.98. The molecule has 0 aromatic heterocycles. The van der Waals surface area contributed by atoms with Gasteiger partial charge in [-0.05, 0) is 76.5 Å². The second-order valence-corrected chi connectivity index (χ2v) is 7.52. The zero-order valence-electron chi connectivity index (χ0n) is 14.6. The van der Waals surface area contributed by atoms with Gasteiger partial charge in [-0.15, -0.1) is 0 Å². The topological polar surface area (TPSA) is 46.9 Å². The van der Waals surface area contributed by atoms with Gasteiger partial charge in [-0.25, -0.2) is 0 Å². The van der Waals surface area contributed by atoms with Crippen molar-refractivity contribution >= 4 is 0 Å². The Balaban J connectivity index is 1.69. The first-order valence-corrected chi connectivity index (χ1v) is 9.37. The number of hydrogen-bond acceptors (Lipinski definition) is 4. The second kappa shape index (κ2) is 9.21. The summed E-state index contributed by atoms with van der Waals surface area (Å²) in [5, 5.41) is 19.2. The number of aliphatic hydroxyl groups excluding tert-OH is 2. The van der Waals surface area contributed by atoms with Gasteiger partial charge in [0.1, 0.15) is 0 Å². The van der Waals surface area contributed by atoms with Crippen molar-refractivity contribution in [3.63, 3.8) is 0 Å². The molecule has 130 valence electrons. The maximum absolute atomic E-state index is 9.61. The number of likely N-dealkylation sites (tertiary alicyclic amines) is 2. The van der Waals surface area contributed by atoms with Crippen molar-refractivity contribution in [2.75, 3.05) is 39.4 Å². The quantitative estimate of drug-likeness (QED) is 0.706. The highest BCUT2D eigenvalue weighted by Gasteiger charge is 2.29. The Hall–Kier alpha value is -0.160. The maximum Gasteiger partial charge on any atom is 0.0589 e. The Bertz CT molecular complexity index is 283. The normalized spacial score (nSPS) is 34.9. The molecule has 0 aliphatic carbocycles. The van der Waals surface area contributed by atoms with Crippen LogP contribution in [0.3, 0.4) is 0 Å². The number of rotatable bonds is 7. The fourth-order valence-electron chi connectivity index (χ4n) is 4.44. The van der Waals surface area contributed by atoms with E-state index in [1.165, 1.54) is 38.5 Å². The number of piperidine rings is 2. The van der Waals surface area contributed by atoms with Crippen LogP contribution in [0.5, 0.6) is 0 Å². The van der Waals surface area contributed by atoms with E-state index in [2.05, 4.69) is 23.6 Å². The minimum Gasteiger partial charge on any atom is -0.395 e. The van der Waals surface area contributed by atoms with E-state index in [-0.39, 0.29) is 0 Å². The van der Waals surface area contributed by atoms with Crippen molar-refractivity contribution in [1.82, 2.24) is 9.80 Å². The van der Waals surface area contributed by atoms with Crippen LogP contribution < -0.4 is 0 Å². The van der Waals surface area contributed by atoms with Crippen molar-refractivity contribution in [3.05, 3.63) is 0 Å². The van der Waals surface area contributed by atoms with E-state index >= 15 is 0 Å². The summed E-state index contributed by atoms with van der Waals surface area (Å²) in [6.45, 7) is 9.67. The van der Waals surface area contributed by atoms with Gasteiger partial charge in [0.05, 0.1) is 13.2 Å². The van der Waals surface area contributed by atoms with Gasteiger partial charge in [-0.1, -0.05) is 13.8 Å². The summed E-state index contributed by atoms with van der Waals surface area (Å²) in [4.78, 5) is 4.99. The van der Waals surface area contributed by atoms with Crippen LogP contribution in [0.25, 0.3) is 0 Å². The highest BCUT2D eigenvalue weighted by molar-refractivity contribution is 4.83. The molecule has 22 heavy (non-hydrogen) atoms. The van der Waals surface area contributed by atoms with Crippen molar-refractivity contribution in [1.29, 1.82) is 0 Å². The van der Waals surface area contributed by atoms with E-state index in [0.29, 0.717) is 37.1 Å². The smallest absolute Gasteiger partial charge is 0.0589 e. The second-order valence-electron chi connectivity index (χ2n) is 7.52. The molecule has 2 heterocycles. The van der Waals surface area contributed by atoms with Crippen LogP contribution >= 0.6 is 0 Å². The molecule has 4 unspecified atom stereocenters. The first-order chi connectivity index (χ1) is 10.7. The predicted molar refractivity (Wildman–Crippen MR) is 90.9 cm³/mol. The third-order valence-corrected chi connectivity index (χ3v) is 5.98. The molecule has 4 heteroatoms. The van der Waals surface area contributed by atoms with Crippen molar-refractivity contribution in [3.8, 4) is 0 Å². The summed E-state index contributed by atoms with van der Waals surface area (Å²) in [5.74, 6) is 1.25. The van der Waals surface area contributed by atoms with Crippen LogP contribution in [-0.2, 0) is 0 Å². The van der Waals surface area contributed by atoms with Crippen molar-refractivity contribution < 1.29 is 10.2 Å². The maximum atomic E-state index is 9.61. The third kappa shape index (κ3) is 4.67. The molecule has 2 fully saturated rings. The molecule has 0 bridgehead atoms. The average Bonchev–Trinajstić information content (AvgIpc) is 2.52. The first kappa shape index (κ1) is 18.2. The van der Waals surface area contributed by atoms with E-state index < -0.39 is 0 Å². The molecule has 0 spiro atoms. The molecule has 2 aliphatic heterocycles. The molecule has 2 saturated heterocycles. The summed E-state index contributed by atoms with van der Waals surface area (Å²) < 4.78 is 0. The van der Waals surface area contributed by atoms with Gasteiger partial charge in [0, 0.05) is 12.1 Å². The minimum atomic E-state index is 0.303. The lowest BCUT2D eigenvalue weighted by Gasteiger charge is -2.40. The fourth-order valence-corrected chi connectivity index (χ4v) is 4.44. The van der Waals surface area contributed by atoms with Gasteiger partial charge in [0.15, 0.2) is 0 Å². The van der Waals surface area contributed by atoms with Gasteiger partial charge in [-0.2, -0.15) is 0 Å². The average molecular weight is 312 g/mol. The summed E-state index contributed by atoms with van der Waals surface area (Å²) in [7, 11) is 0. The molecule has 2 N–H and O–H groups in total. The van der Waals surface area contributed by atoms with Crippen LogP contribution in [-0.4, -0.2) is 71.5 Å². The van der Waals surface area contributed by atoms with E-state index in [9.17, 15) is 10.2 Å². The Morgan fingerprint density at radius 3 is 1.55 bits per heavy atom.